The summed E-state index contributed by atoms with van der Waals surface area (Å²) in [7, 11) is -7.46. The summed E-state index contributed by atoms with van der Waals surface area (Å²) in [6, 6.07) is 23.6. The van der Waals surface area contributed by atoms with Crippen LogP contribution in [0.1, 0.15) is 25.0 Å². The molecule has 6 aromatic rings. The number of rotatable bonds is 6. The quantitative estimate of drug-likeness (QED) is 0.170. The molecule has 0 saturated carbocycles. The third-order valence-electron chi connectivity index (χ3n) is 5.93. The Labute approximate surface area is 282 Å². The van der Waals surface area contributed by atoms with E-state index in [1.807, 2.05) is 26.0 Å². The molecule has 252 valence electrons. The van der Waals surface area contributed by atoms with Gasteiger partial charge < -0.3 is 35.2 Å². The molecule has 2 heterocycles. The predicted octanol–water partition coefficient (Wildman–Crippen LogP) is 5.28. The first kappa shape index (κ1) is 40.4. The number of H-pyrrole nitrogens is 2. The molecule has 47 heavy (non-hydrogen) atoms. The second kappa shape index (κ2) is 17.4. The Kier molecular flexibility index (Phi) is 14.9. The summed E-state index contributed by atoms with van der Waals surface area (Å²) in [5, 5.41) is 0. The molecule has 0 unspecified atom stereocenters. The summed E-state index contributed by atoms with van der Waals surface area (Å²) in [6.45, 7) is 6.86. The van der Waals surface area contributed by atoms with Crippen LogP contribution in [-0.2, 0) is 52.3 Å². The molecule has 2 aromatic heterocycles. The van der Waals surface area contributed by atoms with Crippen molar-refractivity contribution in [3.63, 3.8) is 0 Å². The number of nitrogens with zero attached hydrogens (tertiary/aromatic N) is 4. The van der Waals surface area contributed by atoms with Crippen LogP contribution in [0.25, 0.3) is 31.5 Å². The number of carbonyl (C=O) groups excluding carboxylic acids is 1. The van der Waals surface area contributed by atoms with Gasteiger partial charge in [0.05, 0.1) is 44.5 Å². The maximum absolute atomic E-state index is 12.3. The van der Waals surface area contributed by atoms with E-state index in [4.69, 9.17) is 0 Å². The zero-order chi connectivity index (χ0) is 31.9. The van der Waals surface area contributed by atoms with Crippen LogP contribution in [0.3, 0.4) is 0 Å². The SMILES string of the molecule is CC(C)=O.Cc1ccc(S(=O)(=O)[N-]c2cccc3[nH]cnc23)cc1.Cc1ccc(S(=O)(=O)[N-]c2cccc3[nH]cnc23)cc1.[Ni+2].[OH3+].[OH3+]. The summed E-state index contributed by atoms with van der Waals surface area (Å²) in [4.78, 5) is 23.8. The van der Waals surface area contributed by atoms with Crippen molar-refractivity contribution in [2.75, 3.05) is 0 Å². The van der Waals surface area contributed by atoms with Crippen molar-refractivity contribution in [3.05, 3.63) is 118 Å². The van der Waals surface area contributed by atoms with Crippen LogP contribution < -0.4 is 0 Å². The molecule has 0 radical (unpaired) electrons. The van der Waals surface area contributed by atoms with E-state index in [0.717, 1.165) is 22.2 Å². The number of hydrogen-bond acceptors (Lipinski definition) is 7. The number of nitrogens with one attached hydrogen (secondary N) is 2. The number of fused-ring (bicyclic) bond motifs is 2. The number of aromatic amines is 2. The standard InChI is InChI=1S/2C14H12N3O2S.C3H6O.Ni.2H2O/c2*1-10-5-7-11(8-6-10)20(18,19)17-13-4-2-3-12-14(13)16-9-15-12;1-3(2)4;;;/h2*2-9H,1H3,(H,15,16);1-2H3;;2*1H2/q2*-1;;+2;;/p+2. The Balaban J connectivity index is 0.000000399. The fraction of sp³-hybridized carbons (Fsp3) is 0.129. The Morgan fingerprint density at radius 3 is 1.23 bits per heavy atom. The Morgan fingerprint density at radius 1 is 0.596 bits per heavy atom. The van der Waals surface area contributed by atoms with Gasteiger partial charge in [0.2, 0.25) is 0 Å². The zero-order valence-electron chi connectivity index (χ0n) is 25.9. The number of sulfonamides is 2. The molecule has 0 fully saturated rings. The number of aryl methyl sites for hydroxylation is 2. The largest absolute Gasteiger partial charge is 2.00 e. The smallest absolute Gasteiger partial charge is 0.571 e. The molecule has 8 N–H and O–H groups in total. The monoisotopic (exact) mass is 726 g/mol. The number of aromatic nitrogens is 4. The van der Waals surface area contributed by atoms with Gasteiger partial charge in [-0.1, -0.05) is 71.0 Å². The van der Waals surface area contributed by atoms with E-state index in [1.54, 1.807) is 72.8 Å². The van der Waals surface area contributed by atoms with Crippen LogP contribution >= 0.6 is 0 Å². The van der Waals surface area contributed by atoms with Gasteiger partial charge >= 0.3 is 16.5 Å². The van der Waals surface area contributed by atoms with Crippen molar-refractivity contribution in [1.82, 2.24) is 19.9 Å². The van der Waals surface area contributed by atoms with Crippen LogP contribution in [-0.4, -0.2) is 42.6 Å². The molecule has 16 heteroatoms. The first-order valence-corrected chi connectivity index (χ1v) is 16.1. The van der Waals surface area contributed by atoms with Gasteiger partial charge in [-0.3, -0.25) is 0 Å². The van der Waals surface area contributed by atoms with Crippen LogP contribution in [0.4, 0.5) is 11.4 Å². The van der Waals surface area contributed by atoms with Crippen molar-refractivity contribution in [1.29, 1.82) is 0 Å². The number of para-hydroxylation sites is 2. The molecule has 0 atom stereocenters. The first-order chi connectivity index (χ1) is 20.9. The zero-order valence-corrected chi connectivity index (χ0v) is 28.5. The fourth-order valence-electron chi connectivity index (χ4n) is 3.83. The molecular weight excluding hydrogens is 691 g/mol. The first-order valence-electron chi connectivity index (χ1n) is 13.3. The maximum Gasteiger partial charge on any atom is 2.00 e. The van der Waals surface area contributed by atoms with Gasteiger partial charge in [0.1, 0.15) is 25.8 Å². The molecule has 0 bridgehead atoms. The Hall–Kier alpha value is -4.60. The van der Waals surface area contributed by atoms with Gasteiger partial charge in [0, 0.05) is 0 Å². The van der Waals surface area contributed by atoms with Crippen LogP contribution in [0.2, 0.25) is 0 Å². The normalized spacial score (nSPS) is 10.5. The third-order valence-corrected chi connectivity index (χ3v) is 8.54. The predicted molar refractivity (Wildman–Crippen MR) is 181 cm³/mol. The molecule has 13 nitrogen and oxygen atoms in total. The van der Waals surface area contributed by atoms with Crippen molar-refractivity contribution >= 4 is 59.3 Å². The average molecular weight is 727 g/mol. The molecule has 0 aliphatic rings. The van der Waals surface area contributed by atoms with Crippen LogP contribution in [0, 0.1) is 13.8 Å². The number of benzene rings is 4. The molecule has 6 rings (SSSR count). The van der Waals surface area contributed by atoms with E-state index in [0.29, 0.717) is 22.4 Å². The Morgan fingerprint density at radius 2 is 0.915 bits per heavy atom. The minimum atomic E-state index is -3.73. The average Bonchev–Trinajstić information content (AvgIpc) is 3.64. The van der Waals surface area contributed by atoms with Gasteiger partial charge in [-0.25, -0.2) is 26.8 Å². The summed E-state index contributed by atoms with van der Waals surface area (Å²) < 4.78 is 56.9. The number of carbonyl (C=O) groups is 1. The van der Waals surface area contributed by atoms with E-state index in [1.165, 1.54) is 26.5 Å². The molecule has 0 saturated heterocycles. The molecule has 0 spiro atoms. The molecular formula is C31H36N6NiO7S2+2. The summed E-state index contributed by atoms with van der Waals surface area (Å²) >= 11 is 0. The van der Waals surface area contributed by atoms with E-state index in [-0.39, 0.29) is 43.0 Å². The number of imidazole rings is 2. The Bertz CT molecular complexity index is 1960. The molecule has 4 aromatic carbocycles. The van der Waals surface area contributed by atoms with Gasteiger partial charge in [-0.2, -0.15) is 0 Å². The van der Waals surface area contributed by atoms with Gasteiger partial charge in [0.15, 0.2) is 0 Å². The van der Waals surface area contributed by atoms with E-state index >= 15 is 0 Å². The topological polar surface area (TPSA) is 237 Å². The molecule has 0 aliphatic carbocycles. The van der Waals surface area contributed by atoms with Crippen molar-refractivity contribution < 1.29 is 49.1 Å². The van der Waals surface area contributed by atoms with Crippen LogP contribution in [0.15, 0.2) is 107 Å². The second-order valence-electron chi connectivity index (χ2n) is 9.82. The minimum absolute atomic E-state index is 0. The summed E-state index contributed by atoms with van der Waals surface area (Å²) in [5.74, 6) is 0.167. The second-order valence-corrected chi connectivity index (χ2v) is 13.0. The number of Topliss-reactive ketones (excluding diaryl/α,β-unsaturated/α-hetero) is 1. The van der Waals surface area contributed by atoms with Gasteiger partial charge in [-0.15, -0.1) is 0 Å². The summed E-state index contributed by atoms with van der Waals surface area (Å²) in [6.07, 6.45) is 3.03. The summed E-state index contributed by atoms with van der Waals surface area (Å²) in [5.41, 5.74) is 5.27. The van der Waals surface area contributed by atoms with Crippen molar-refractivity contribution in [2.24, 2.45) is 0 Å². The van der Waals surface area contributed by atoms with E-state index < -0.39 is 20.0 Å². The van der Waals surface area contributed by atoms with Gasteiger partial charge in [0.25, 0.3) is 0 Å². The van der Waals surface area contributed by atoms with E-state index in [2.05, 4.69) is 29.4 Å². The fourth-order valence-corrected chi connectivity index (χ4v) is 5.82. The third kappa shape index (κ3) is 10.7. The van der Waals surface area contributed by atoms with Crippen LogP contribution in [0.5, 0.6) is 0 Å². The molecule has 0 amide bonds. The minimum Gasteiger partial charge on any atom is -0.571 e. The maximum atomic E-state index is 12.3. The van der Waals surface area contributed by atoms with Crippen molar-refractivity contribution in [3.8, 4) is 0 Å². The van der Waals surface area contributed by atoms with Crippen molar-refractivity contribution in [2.45, 2.75) is 37.5 Å². The van der Waals surface area contributed by atoms with Gasteiger partial charge in [-0.05, 0) is 64.1 Å². The number of hydrogen-bond donors (Lipinski definition) is 2. The number of ketones is 1. The molecule has 0 aliphatic heterocycles. The van der Waals surface area contributed by atoms with E-state index in [9.17, 15) is 21.6 Å².